The number of likely N-dealkylation sites (N-methyl/N-ethyl adjacent to an activating group) is 1. The number of morpholine rings is 1. The Hall–Kier alpha value is -1.99. The fourth-order valence-electron chi connectivity index (χ4n) is 5.61. The Kier molecular flexibility index (Phi) is 6.74. The Balaban J connectivity index is 1.26. The molecule has 6 nitrogen and oxygen atoms in total. The number of aryl methyl sites for hydroxylation is 1. The van der Waals surface area contributed by atoms with Crippen molar-refractivity contribution in [1.29, 1.82) is 0 Å². The molecule has 0 saturated carbocycles. The van der Waals surface area contributed by atoms with Crippen molar-refractivity contribution in [2.75, 3.05) is 38.6 Å². The number of rotatable bonds is 6. The Labute approximate surface area is 192 Å². The highest BCUT2D eigenvalue weighted by Gasteiger charge is 2.29. The molecular weight excluding hydrogens is 398 g/mol. The van der Waals surface area contributed by atoms with Gasteiger partial charge in [-0.05, 0) is 68.5 Å². The van der Waals surface area contributed by atoms with Crippen molar-refractivity contribution in [1.82, 2.24) is 20.5 Å². The van der Waals surface area contributed by atoms with Crippen LogP contribution in [0.4, 0.5) is 5.69 Å². The molecule has 0 amide bonds. The predicted octanol–water partition coefficient (Wildman–Crippen LogP) is 2.89. The third kappa shape index (κ3) is 4.69. The number of nitrogens with zero attached hydrogens (tertiary/aromatic N) is 2. The molecule has 0 radical (unpaired) electrons. The van der Waals surface area contributed by atoms with Crippen LogP contribution in [0.3, 0.4) is 0 Å². The molecule has 1 aromatic heterocycles. The molecule has 32 heavy (non-hydrogen) atoms. The number of anilines is 1. The van der Waals surface area contributed by atoms with Gasteiger partial charge >= 0.3 is 0 Å². The molecule has 6 heteroatoms. The van der Waals surface area contributed by atoms with Crippen LogP contribution in [-0.4, -0.2) is 61.4 Å². The van der Waals surface area contributed by atoms with Gasteiger partial charge in [0.15, 0.2) is 0 Å². The average molecular weight is 436 g/mol. The normalized spacial score (nSPS) is 26.3. The molecular formula is C26H37N5O. The molecule has 172 valence electrons. The lowest BCUT2D eigenvalue weighted by Gasteiger charge is -2.37. The van der Waals surface area contributed by atoms with Crippen LogP contribution in [-0.2, 0) is 24.1 Å². The largest absolute Gasteiger partial charge is 0.380 e. The van der Waals surface area contributed by atoms with Crippen LogP contribution in [0, 0.1) is 0 Å². The van der Waals surface area contributed by atoms with Crippen LogP contribution >= 0.6 is 0 Å². The summed E-state index contributed by atoms with van der Waals surface area (Å²) in [4.78, 5) is 7.27. The third-order valence-electron chi connectivity index (χ3n) is 7.41. The highest BCUT2D eigenvalue weighted by Crippen LogP contribution is 2.33. The standard InChI is InChI=1S/C26H37N5O/c1-18(25-16-27-12-13-32-25)30-23-9-3-7-20-15-29-21(14-22(20)23)17-31(2)24-10-4-6-19-8-5-11-28-26(19)24/h3,5,7-9,11,18,21,24-25,27,29-30H,4,6,10,12-17H2,1-2H3. The Morgan fingerprint density at radius 3 is 3.03 bits per heavy atom. The zero-order valence-corrected chi connectivity index (χ0v) is 19.4. The number of ether oxygens (including phenoxy) is 1. The van der Waals surface area contributed by atoms with Gasteiger partial charge in [0.05, 0.1) is 30.5 Å². The summed E-state index contributed by atoms with van der Waals surface area (Å²) in [6, 6.07) is 12.1. The summed E-state index contributed by atoms with van der Waals surface area (Å²) in [5.74, 6) is 0. The number of hydrogen-bond acceptors (Lipinski definition) is 6. The molecule has 2 aromatic rings. The second-order valence-electron chi connectivity index (χ2n) is 9.67. The van der Waals surface area contributed by atoms with E-state index in [1.165, 1.54) is 40.9 Å². The summed E-state index contributed by atoms with van der Waals surface area (Å²) in [6.45, 7) is 6.84. The minimum atomic E-state index is 0.210. The number of nitrogens with one attached hydrogen (secondary N) is 3. The number of pyridine rings is 1. The first-order valence-corrected chi connectivity index (χ1v) is 12.3. The number of hydrogen-bond donors (Lipinski definition) is 3. The highest BCUT2D eigenvalue weighted by atomic mass is 16.5. The quantitative estimate of drug-likeness (QED) is 0.649. The van der Waals surface area contributed by atoms with Gasteiger partial charge in [-0.2, -0.15) is 0 Å². The first kappa shape index (κ1) is 21.8. The maximum atomic E-state index is 5.98. The number of aromatic nitrogens is 1. The van der Waals surface area contributed by atoms with Crippen LogP contribution < -0.4 is 16.0 Å². The molecule has 2 aliphatic heterocycles. The summed E-state index contributed by atoms with van der Waals surface area (Å²) >= 11 is 0. The molecule has 0 spiro atoms. The van der Waals surface area contributed by atoms with Gasteiger partial charge < -0.3 is 20.7 Å². The minimum Gasteiger partial charge on any atom is -0.380 e. The molecule has 4 atom stereocenters. The Morgan fingerprint density at radius 1 is 1.25 bits per heavy atom. The maximum absolute atomic E-state index is 5.98. The average Bonchev–Trinajstić information content (AvgIpc) is 2.84. The molecule has 3 N–H and O–H groups in total. The van der Waals surface area contributed by atoms with Gasteiger partial charge in [-0.25, -0.2) is 0 Å². The molecule has 3 aliphatic rings. The second-order valence-corrected chi connectivity index (χ2v) is 9.67. The lowest BCUT2D eigenvalue weighted by molar-refractivity contribution is 0.0201. The smallest absolute Gasteiger partial charge is 0.0897 e. The van der Waals surface area contributed by atoms with Crippen molar-refractivity contribution in [2.45, 2.75) is 63.4 Å². The van der Waals surface area contributed by atoms with Crippen molar-refractivity contribution < 1.29 is 4.74 Å². The van der Waals surface area contributed by atoms with E-state index in [1.807, 2.05) is 6.20 Å². The molecule has 1 aromatic carbocycles. The van der Waals surface area contributed by atoms with E-state index in [-0.39, 0.29) is 12.1 Å². The number of fused-ring (bicyclic) bond motifs is 2. The Bertz CT molecular complexity index is 913. The number of benzene rings is 1. The first-order valence-electron chi connectivity index (χ1n) is 12.3. The fraction of sp³-hybridized carbons (Fsp3) is 0.577. The van der Waals surface area contributed by atoms with Crippen LogP contribution in [0.15, 0.2) is 36.5 Å². The van der Waals surface area contributed by atoms with Crippen LogP contribution in [0.1, 0.15) is 48.2 Å². The van der Waals surface area contributed by atoms with Crippen molar-refractivity contribution in [3.05, 3.63) is 58.9 Å². The molecule has 3 heterocycles. The molecule has 0 bridgehead atoms. The van der Waals surface area contributed by atoms with Gasteiger partial charge in [0.1, 0.15) is 0 Å². The van der Waals surface area contributed by atoms with E-state index in [9.17, 15) is 0 Å². The monoisotopic (exact) mass is 435 g/mol. The van der Waals surface area contributed by atoms with Crippen molar-refractivity contribution in [2.24, 2.45) is 0 Å². The lowest BCUT2D eigenvalue weighted by atomic mass is 9.89. The van der Waals surface area contributed by atoms with Crippen molar-refractivity contribution in [3.8, 4) is 0 Å². The molecule has 1 saturated heterocycles. The molecule has 4 unspecified atom stereocenters. The van der Waals surface area contributed by atoms with E-state index in [4.69, 9.17) is 9.72 Å². The summed E-state index contributed by atoms with van der Waals surface area (Å²) in [5.41, 5.74) is 6.85. The lowest BCUT2D eigenvalue weighted by Crippen LogP contribution is -2.47. The molecule has 5 rings (SSSR count). The summed E-state index contributed by atoms with van der Waals surface area (Å²) < 4.78 is 5.98. The van der Waals surface area contributed by atoms with Crippen LogP contribution in [0.5, 0.6) is 0 Å². The second kappa shape index (κ2) is 9.87. The summed E-state index contributed by atoms with van der Waals surface area (Å²) in [6.07, 6.45) is 6.81. The highest BCUT2D eigenvalue weighted by molar-refractivity contribution is 5.56. The Morgan fingerprint density at radius 2 is 2.16 bits per heavy atom. The molecule has 1 aliphatic carbocycles. The summed E-state index contributed by atoms with van der Waals surface area (Å²) in [7, 11) is 2.27. The van der Waals surface area contributed by atoms with Gasteiger partial charge in [0, 0.05) is 44.1 Å². The fourth-order valence-corrected chi connectivity index (χ4v) is 5.61. The summed E-state index contributed by atoms with van der Waals surface area (Å²) in [5, 5.41) is 11.0. The van der Waals surface area contributed by atoms with Crippen molar-refractivity contribution in [3.63, 3.8) is 0 Å². The van der Waals surface area contributed by atoms with E-state index in [0.29, 0.717) is 12.1 Å². The first-order chi connectivity index (χ1) is 15.7. The van der Waals surface area contributed by atoms with E-state index < -0.39 is 0 Å². The topological polar surface area (TPSA) is 61.5 Å². The van der Waals surface area contributed by atoms with Crippen LogP contribution in [0.2, 0.25) is 0 Å². The van der Waals surface area contributed by atoms with Crippen LogP contribution in [0.25, 0.3) is 0 Å². The maximum Gasteiger partial charge on any atom is 0.0897 e. The zero-order chi connectivity index (χ0) is 21.9. The third-order valence-corrected chi connectivity index (χ3v) is 7.41. The molecule has 1 fully saturated rings. The van der Waals surface area contributed by atoms with E-state index >= 15 is 0 Å². The SMILES string of the molecule is CC(Nc1cccc2c1CC(CN(C)C1CCCc3cccnc31)NC2)C1CNCCO1. The van der Waals surface area contributed by atoms with Gasteiger partial charge in [-0.3, -0.25) is 9.88 Å². The van der Waals surface area contributed by atoms with Gasteiger partial charge in [0.25, 0.3) is 0 Å². The van der Waals surface area contributed by atoms with E-state index in [1.54, 1.807) is 0 Å². The zero-order valence-electron chi connectivity index (χ0n) is 19.4. The minimum absolute atomic E-state index is 0.210. The van der Waals surface area contributed by atoms with Gasteiger partial charge in [0.2, 0.25) is 0 Å². The van der Waals surface area contributed by atoms with Gasteiger partial charge in [-0.1, -0.05) is 18.2 Å². The van der Waals surface area contributed by atoms with Gasteiger partial charge in [-0.15, -0.1) is 0 Å². The van der Waals surface area contributed by atoms with E-state index in [2.05, 4.69) is 65.2 Å². The van der Waals surface area contributed by atoms with E-state index in [0.717, 1.165) is 45.6 Å². The predicted molar refractivity (Wildman–Crippen MR) is 129 cm³/mol. The van der Waals surface area contributed by atoms with Crippen molar-refractivity contribution >= 4 is 5.69 Å².